The number of fused-ring (bicyclic) bond motifs is 1. The number of carbonyl (C=O) groups excluding carboxylic acids is 5. The maximum absolute atomic E-state index is 14.4. The molecule has 5 amide bonds. The minimum atomic E-state index is -4.40. The van der Waals surface area contributed by atoms with Crippen LogP contribution >= 0.6 is 0 Å². The van der Waals surface area contributed by atoms with Crippen LogP contribution in [0.4, 0.5) is 14.0 Å². The van der Waals surface area contributed by atoms with Gasteiger partial charge in [0.25, 0.3) is 11.8 Å². The SMILES string of the molecule is C=C[C@@H]1C[C@]1(NC(=O)[C@@H]1C[C@@H](OC(=O)N2Cc3cccc(F)c3C2)CN1C(=O)[C@@H](NC(=O)OC(C)(C)C)NS(=O)(=O)C=C)C(=O)NS(=O)(=O)C1CC1. The zero-order chi connectivity index (χ0) is 38.4. The zero-order valence-corrected chi connectivity index (χ0v) is 30.4. The monoisotopic (exact) mass is 768 g/mol. The molecule has 1 aromatic carbocycles. The number of nitrogens with zero attached hydrogens (tertiary/aromatic N) is 2. The third-order valence-electron chi connectivity index (χ3n) is 8.96. The Labute approximate surface area is 300 Å². The molecule has 284 valence electrons. The number of nitrogens with one attached hydrogen (secondary N) is 4. The molecule has 0 aromatic heterocycles. The Balaban J connectivity index is 1.40. The summed E-state index contributed by atoms with van der Waals surface area (Å²) in [7, 11) is -8.41. The number of rotatable bonds is 12. The molecule has 0 spiro atoms. The Hall–Kier alpha value is -4.56. The van der Waals surface area contributed by atoms with Crippen molar-refractivity contribution in [2.24, 2.45) is 5.92 Å². The van der Waals surface area contributed by atoms with Crippen LogP contribution < -0.4 is 20.1 Å². The number of benzene rings is 1. The molecule has 1 saturated heterocycles. The molecule has 0 radical (unpaired) electrons. The van der Waals surface area contributed by atoms with Gasteiger partial charge in [-0.3, -0.25) is 29.3 Å². The van der Waals surface area contributed by atoms with Crippen molar-refractivity contribution in [1.29, 1.82) is 0 Å². The first-order chi connectivity index (χ1) is 24.2. The Morgan fingerprint density at radius 2 is 1.77 bits per heavy atom. The molecule has 2 heterocycles. The van der Waals surface area contributed by atoms with Gasteiger partial charge >= 0.3 is 12.2 Å². The first-order valence-electron chi connectivity index (χ1n) is 16.4. The second-order valence-electron chi connectivity index (χ2n) is 14.1. The van der Waals surface area contributed by atoms with E-state index < -0.39 is 103 Å². The van der Waals surface area contributed by atoms with Gasteiger partial charge in [0, 0.05) is 29.9 Å². The summed E-state index contributed by atoms with van der Waals surface area (Å²) in [6.07, 6.45) is -3.58. The van der Waals surface area contributed by atoms with Crippen LogP contribution in [-0.4, -0.2) is 97.8 Å². The highest BCUT2D eigenvalue weighted by atomic mass is 32.2. The average molecular weight is 769 g/mol. The van der Waals surface area contributed by atoms with Crippen LogP contribution in [0, 0.1) is 11.7 Å². The predicted octanol–water partition coefficient (Wildman–Crippen LogP) is 0.830. The molecule has 20 heteroatoms. The molecule has 3 fully saturated rings. The van der Waals surface area contributed by atoms with Gasteiger partial charge in [-0.15, -0.1) is 6.58 Å². The van der Waals surface area contributed by atoms with Crippen LogP contribution in [0.5, 0.6) is 0 Å². The molecule has 4 N–H and O–H groups in total. The predicted molar refractivity (Wildman–Crippen MR) is 181 cm³/mol. The van der Waals surface area contributed by atoms with E-state index in [-0.39, 0.29) is 25.9 Å². The van der Waals surface area contributed by atoms with Crippen molar-refractivity contribution in [3.8, 4) is 0 Å². The van der Waals surface area contributed by atoms with Crippen molar-refractivity contribution in [2.75, 3.05) is 6.54 Å². The number of alkyl carbamates (subject to hydrolysis) is 1. The highest BCUT2D eigenvalue weighted by Gasteiger charge is 2.62. The molecule has 5 atom stereocenters. The number of halogens is 1. The van der Waals surface area contributed by atoms with Gasteiger partial charge in [-0.25, -0.2) is 30.8 Å². The van der Waals surface area contributed by atoms with Crippen LogP contribution in [0.15, 0.2) is 42.8 Å². The van der Waals surface area contributed by atoms with Gasteiger partial charge in [0.05, 0.1) is 18.3 Å². The lowest BCUT2D eigenvalue weighted by molar-refractivity contribution is -0.141. The quantitative estimate of drug-likeness (QED) is 0.172. The molecule has 2 saturated carbocycles. The van der Waals surface area contributed by atoms with Gasteiger partial charge in [0.15, 0.2) is 6.17 Å². The number of carbonyl (C=O) groups is 5. The summed E-state index contributed by atoms with van der Waals surface area (Å²) in [5.41, 5.74) is -1.93. The van der Waals surface area contributed by atoms with E-state index in [0.29, 0.717) is 29.4 Å². The second kappa shape index (κ2) is 14.1. The normalized spacial score (nSPS) is 24.6. The highest BCUT2D eigenvalue weighted by molar-refractivity contribution is 7.92. The topological polar surface area (TPSA) is 227 Å². The van der Waals surface area contributed by atoms with Crippen molar-refractivity contribution in [1.82, 2.24) is 29.9 Å². The van der Waals surface area contributed by atoms with E-state index in [4.69, 9.17) is 9.47 Å². The largest absolute Gasteiger partial charge is 0.444 e. The zero-order valence-electron chi connectivity index (χ0n) is 28.7. The van der Waals surface area contributed by atoms with E-state index in [1.165, 1.54) is 43.9 Å². The van der Waals surface area contributed by atoms with Crippen LogP contribution in [0.3, 0.4) is 0 Å². The van der Waals surface area contributed by atoms with Crippen LogP contribution in [-0.2, 0) is 57.0 Å². The van der Waals surface area contributed by atoms with Gasteiger partial charge in [-0.1, -0.05) is 24.8 Å². The number of ether oxygens (including phenoxy) is 2. The first-order valence-corrected chi connectivity index (χ1v) is 19.4. The fourth-order valence-electron chi connectivity index (χ4n) is 6.07. The molecular formula is C32H41FN6O11S2. The molecule has 1 aromatic rings. The van der Waals surface area contributed by atoms with Crippen molar-refractivity contribution < 1.29 is 54.7 Å². The van der Waals surface area contributed by atoms with E-state index in [1.807, 2.05) is 9.44 Å². The first kappa shape index (κ1) is 38.7. The number of amides is 5. The van der Waals surface area contributed by atoms with E-state index in [9.17, 15) is 45.2 Å². The maximum Gasteiger partial charge on any atom is 0.410 e. The summed E-state index contributed by atoms with van der Waals surface area (Å²) in [4.78, 5) is 69.5. The third kappa shape index (κ3) is 8.55. The summed E-state index contributed by atoms with van der Waals surface area (Å²) in [6, 6.07) is 2.87. The molecular weight excluding hydrogens is 728 g/mol. The number of hydrogen-bond acceptors (Lipinski definition) is 11. The Morgan fingerprint density at radius 1 is 1.08 bits per heavy atom. The van der Waals surface area contributed by atoms with Gasteiger partial charge in [-0.05, 0) is 51.7 Å². The van der Waals surface area contributed by atoms with E-state index >= 15 is 0 Å². The summed E-state index contributed by atoms with van der Waals surface area (Å²) >= 11 is 0. The summed E-state index contributed by atoms with van der Waals surface area (Å²) < 4.78 is 79.4. The molecule has 52 heavy (non-hydrogen) atoms. The Kier molecular flexibility index (Phi) is 10.5. The van der Waals surface area contributed by atoms with Crippen LogP contribution in [0.2, 0.25) is 0 Å². The average Bonchev–Trinajstić information content (AvgIpc) is 3.94. The minimum Gasteiger partial charge on any atom is -0.444 e. The standard InChI is InChI=1S/C32H41FN6O11S2/c1-6-19-14-32(19,28(42)37-52(47,48)21-11-12-21)35-26(40)24-13-20(49-30(44)38-15-18-9-8-10-23(33)22(18)17-38)16-39(24)27(41)25(36-51(45,46)7-2)34-29(43)50-31(3,4)5/h6-10,19-21,24-25,36H,1-2,11-17H2,3-5H3,(H,34,43)(H,35,40)(H,37,42)/t19-,20-,24+,25+,32-/m1/s1. The molecule has 2 aliphatic carbocycles. The number of likely N-dealkylation sites (tertiary alicyclic amines) is 1. The van der Waals surface area contributed by atoms with Crippen molar-refractivity contribution in [2.45, 2.75) is 94.2 Å². The fourth-order valence-corrected chi connectivity index (χ4v) is 8.01. The van der Waals surface area contributed by atoms with E-state index in [1.54, 1.807) is 6.07 Å². The minimum absolute atomic E-state index is 0.0125. The van der Waals surface area contributed by atoms with Gasteiger partial charge in [0.1, 0.15) is 29.1 Å². The van der Waals surface area contributed by atoms with Crippen LogP contribution in [0.25, 0.3) is 0 Å². The Bertz CT molecular complexity index is 1910. The fraction of sp³-hybridized carbons (Fsp3) is 0.531. The Morgan fingerprint density at radius 3 is 2.35 bits per heavy atom. The van der Waals surface area contributed by atoms with Gasteiger partial charge in [-0.2, -0.15) is 4.72 Å². The molecule has 5 rings (SSSR count). The van der Waals surface area contributed by atoms with Gasteiger partial charge < -0.3 is 19.7 Å². The lowest BCUT2D eigenvalue weighted by Gasteiger charge is -2.30. The summed E-state index contributed by atoms with van der Waals surface area (Å²) in [5.74, 6) is -4.32. The van der Waals surface area contributed by atoms with Crippen molar-refractivity contribution in [3.05, 3.63) is 59.8 Å². The smallest absolute Gasteiger partial charge is 0.410 e. The van der Waals surface area contributed by atoms with Crippen molar-refractivity contribution >= 4 is 50.0 Å². The molecule has 2 aliphatic heterocycles. The van der Waals surface area contributed by atoms with E-state index in [0.717, 1.165) is 4.90 Å². The van der Waals surface area contributed by atoms with Crippen LogP contribution in [0.1, 0.15) is 57.6 Å². The second-order valence-corrected chi connectivity index (χ2v) is 17.7. The lowest BCUT2D eigenvalue weighted by Crippen LogP contribution is -2.61. The maximum atomic E-state index is 14.4. The summed E-state index contributed by atoms with van der Waals surface area (Å²) in [6.45, 7) is 10.9. The third-order valence-corrected chi connectivity index (χ3v) is 11.8. The van der Waals surface area contributed by atoms with Gasteiger partial charge in [0.2, 0.25) is 26.0 Å². The van der Waals surface area contributed by atoms with Crippen molar-refractivity contribution in [3.63, 3.8) is 0 Å². The molecule has 4 aliphatic rings. The molecule has 0 unspecified atom stereocenters. The highest BCUT2D eigenvalue weighted by Crippen LogP contribution is 2.45. The summed E-state index contributed by atoms with van der Waals surface area (Å²) in [5, 5.41) is 4.44. The number of sulfonamides is 2. The molecule has 17 nitrogen and oxygen atoms in total. The number of hydrogen-bond donors (Lipinski definition) is 4. The molecule has 0 bridgehead atoms. The van der Waals surface area contributed by atoms with E-state index in [2.05, 4.69) is 23.8 Å². The lowest BCUT2D eigenvalue weighted by atomic mass is 10.1.